The third kappa shape index (κ3) is 6.31. The van der Waals surface area contributed by atoms with Crippen molar-refractivity contribution in [2.75, 3.05) is 13.7 Å². The van der Waals surface area contributed by atoms with Crippen LogP contribution in [0.4, 0.5) is 0 Å². The minimum atomic E-state index is -1.00. The van der Waals surface area contributed by atoms with E-state index in [4.69, 9.17) is 24.1 Å². The Labute approximate surface area is 195 Å². The molecule has 1 spiro atoms. The first-order valence-corrected chi connectivity index (χ1v) is 11.3. The van der Waals surface area contributed by atoms with Crippen LogP contribution in [0.3, 0.4) is 0 Å². The highest BCUT2D eigenvalue weighted by atomic mass is 16.6. The summed E-state index contributed by atoms with van der Waals surface area (Å²) in [5.74, 6) is -1.45. The minimum Gasteiger partial charge on any atom is -0.478 e. The highest BCUT2D eigenvalue weighted by Gasteiger charge is 2.72. The number of methoxy groups -OCH3 is 1. The van der Waals surface area contributed by atoms with Crippen LogP contribution < -0.4 is 0 Å². The molecule has 3 rings (SSSR count). The van der Waals surface area contributed by atoms with Gasteiger partial charge in [-0.1, -0.05) is 48.1 Å². The summed E-state index contributed by atoms with van der Waals surface area (Å²) in [7, 11) is 1.65. The Bertz CT molecular complexity index is 873. The summed E-state index contributed by atoms with van der Waals surface area (Å²) < 4.78 is 23.8. The van der Waals surface area contributed by atoms with Gasteiger partial charge in [0.1, 0.15) is 23.4 Å². The van der Waals surface area contributed by atoms with E-state index in [1.54, 1.807) is 37.5 Å². The first-order chi connectivity index (χ1) is 15.7. The van der Waals surface area contributed by atoms with Gasteiger partial charge in [-0.15, -0.1) is 0 Å². The van der Waals surface area contributed by atoms with Gasteiger partial charge in [0.15, 0.2) is 0 Å². The summed E-state index contributed by atoms with van der Waals surface area (Å²) in [5.41, 5.74) is 0.642. The smallest absolute Gasteiger partial charge is 0.331 e. The second kappa shape index (κ2) is 10.6. The molecule has 1 N–H and O–H groups in total. The number of carbonyl (C=O) groups excluding carboxylic acids is 1. The Morgan fingerprint density at radius 1 is 1.09 bits per heavy atom. The minimum absolute atomic E-state index is 0.00928. The average Bonchev–Trinajstić information content (AvgIpc) is 3.67. The van der Waals surface area contributed by atoms with Gasteiger partial charge in [0.25, 0.3) is 0 Å². The Kier molecular flexibility index (Phi) is 8.10. The number of carboxylic acids is 1. The van der Waals surface area contributed by atoms with Crippen molar-refractivity contribution < 1.29 is 33.6 Å². The predicted molar refractivity (Wildman–Crippen MR) is 124 cm³/mol. The highest BCUT2D eigenvalue weighted by molar-refractivity contribution is 5.82. The maximum absolute atomic E-state index is 12.4. The van der Waals surface area contributed by atoms with Crippen LogP contribution in [0.1, 0.15) is 40.0 Å². The Morgan fingerprint density at radius 2 is 1.73 bits per heavy atom. The van der Waals surface area contributed by atoms with E-state index in [1.165, 1.54) is 17.7 Å². The number of allylic oxidation sites excluding steroid dienone is 7. The molecule has 0 amide bonds. The van der Waals surface area contributed by atoms with Gasteiger partial charge >= 0.3 is 11.9 Å². The maximum Gasteiger partial charge on any atom is 0.331 e. The Morgan fingerprint density at radius 3 is 2.30 bits per heavy atom. The van der Waals surface area contributed by atoms with Gasteiger partial charge in [0.2, 0.25) is 0 Å². The van der Waals surface area contributed by atoms with E-state index >= 15 is 0 Å². The van der Waals surface area contributed by atoms with E-state index < -0.39 is 11.9 Å². The van der Waals surface area contributed by atoms with Gasteiger partial charge in [-0.3, -0.25) is 0 Å². The van der Waals surface area contributed by atoms with Gasteiger partial charge in [-0.05, 0) is 40.0 Å². The Balaban J connectivity index is 1.59. The summed E-state index contributed by atoms with van der Waals surface area (Å²) in [6.45, 7) is 6.96. The molecule has 2 aliphatic heterocycles. The summed E-state index contributed by atoms with van der Waals surface area (Å²) in [6.07, 6.45) is 16.0. The second-order valence-electron chi connectivity index (χ2n) is 9.18. The fraction of sp³-hybridized carbons (Fsp3) is 0.538. The third-order valence-electron chi connectivity index (χ3n) is 6.53. The molecule has 0 unspecified atom stereocenters. The van der Waals surface area contributed by atoms with E-state index in [0.29, 0.717) is 13.0 Å². The van der Waals surface area contributed by atoms with Crippen molar-refractivity contribution in [3.05, 3.63) is 60.3 Å². The zero-order chi connectivity index (χ0) is 24.1. The second-order valence-corrected chi connectivity index (χ2v) is 9.18. The van der Waals surface area contributed by atoms with Crippen molar-refractivity contribution >= 4 is 11.9 Å². The molecule has 7 nitrogen and oxygen atoms in total. The number of hydrogen-bond donors (Lipinski definition) is 1. The normalized spacial score (nSPS) is 35.6. The standard InChI is InChI=1S/C26H34O7/c1-18(2)13-14-20-25(3,33-20)24-23(30-4)19(15-16-26(24)17-31-26)32-22(29)12-10-8-6-5-7-9-11-21(27)28/h5-13,19-20,23-24H,14-17H2,1-4H3,(H,27,28)/b7-5-,8-6-,11-9-,12-10+/t19-,20+,23-,24+,25-,26-/m1/s1. The molecule has 0 radical (unpaired) electrons. The SMILES string of the molecule is CO[C@H]1[C@@H]([C@]2(C)O[C@H]2CC=C(C)C)[C@@]2(CC[C@H]1OC(=O)/C=C/C=C\C=C/C=C\C(=O)O)CO2. The van der Waals surface area contributed by atoms with Crippen molar-refractivity contribution in [3.63, 3.8) is 0 Å². The van der Waals surface area contributed by atoms with Crippen LogP contribution in [-0.4, -0.2) is 60.3 Å². The van der Waals surface area contributed by atoms with Crippen LogP contribution in [0.2, 0.25) is 0 Å². The molecule has 0 aromatic rings. The molecule has 1 saturated carbocycles. The van der Waals surface area contributed by atoms with Crippen LogP contribution in [0.5, 0.6) is 0 Å². The van der Waals surface area contributed by atoms with E-state index in [2.05, 4.69) is 26.8 Å². The number of carboxylic acid groups (broad SMARTS) is 1. The van der Waals surface area contributed by atoms with Gasteiger partial charge in [-0.2, -0.15) is 0 Å². The van der Waals surface area contributed by atoms with Crippen molar-refractivity contribution in [2.45, 2.75) is 69.5 Å². The quantitative estimate of drug-likeness (QED) is 0.174. The van der Waals surface area contributed by atoms with E-state index in [0.717, 1.165) is 18.9 Å². The largest absolute Gasteiger partial charge is 0.478 e. The summed E-state index contributed by atoms with van der Waals surface area (Å²) in [4.78, 5) is 22.8. The lowest BCUT2D eigenvalue weighted by molar-refractivity contribution is -0.166. The fourth-order valence-corrected chi connectivity index (χ4v) is 4.79. The van der Waals surface area contributed by atoms with Crippen LogP contribution >= 0.6 is 0 Å². The zero-order valence-electron chi connectivity index (χ0n) is 19.7. The lowest BCUT2D eigenvalue weighted by Gasteiger charge is -2.42. The first kappa shape index (κ1) is 25.1. The highest BCUT2D eigenvalue weighted by Crippen LogP contribution is 2.59. The number of esters is 1. The molecule has 6 atom stereocenters. The van der Waals surface area contributed by atoms with Crippen molar-refractivity contribution in [3.8, 4) is 0 Å². The molecule has 1 aliphatic carbocycles. The molecule has 0 bridgehead atoms. The van der Waals surface area contributed by atoms with Crippen LogP contribution in [0.25, 0.3) is 0 Å². The molecule has 0 aromatic heterocycles. The predicted octanol–water partition coefficient (Wildman–Crippen LogP) is 3.92. The molecule has 180 valence electrons. The van der Waals surface area contributed by atoms with Gasteiger partial charge < -0.3 is 24.1 Å². The molecule has 3 fully saturated rings. The first-order valence-electron chi connectivity index (χ1n) is 11.3. The van der Waals surface area contributed by atoms with Crippen LogP contribution in [0.15, 0.2) is 60.3 Å². The van der Waals surface area contributed by atoms with Gasteiger partial charge in [0.05, 0.1) is 18.6 Å². The molecule has 2 saturated heterocycles. The van der Waals surface area contributed by atoms with Crippen molar-refractivity contribution in [1.82, 2.24) is 0 Å². The van der Waals surface area contributed by atoms with E-state index in [1.807, 2.05) is 0 Å². The molecule has 2 heterocycles. The zero-order valence-corrected chi connectivity index (χ0v) is 19.7. The molecular weight excluding hydrogens is 424 g/mol. The van der Waals surface area contributed by atoms with Crippen LogP contribution in [0, 0.1) is 5.92 Å². The summed E-state index contributed by atoms with van der Waals surface area (Å²) in [6, 6.07) is 0. The third-order valence-corrected chi connectivity index (χ3v) is 6.53. The molecule has 7 heteroatoms. The summed E-state index contributed by atoms with van der Waals surface area (Å²) >= 11 is 0. The average molecular weight is 459 g/mol. The van der Waals surface area contributed by atoms with E-state index in [9.17, 15) is 9.59 Å². The van der Waals surface area contributed by atoms with Crippen molar-refractivity contribution in [2.24, 2.45) is 5.92 Å². The number of hydrogen-bond acceptors (Lipinski definition) is 6. The maximum atomic E-state index is 12.4. The topological polar surface area (TPSA) is 97.9 Å². The molecule has 3 aliphatic rings. The monoisotopic (exact) mass is 458 g/mol. The van der Waals surface area contributed by atoms with Crippen LogP contribution in [-0.2, 0) is 28.5 Å². The number of aliphatic carboxylic acids is 1. The molecule has 33 heavy (non-hydrogen) atoms. The molecular formula is C26H34O7. The number of rotatable bonds is 10. The number of carbonyl (C=O) groups is 2. The van der Waals surface area contributed by atoms with E-state index in [-0.39, 0.29) is 35.4 Å². The van der Waals surface area contributed by atoms with Gasteiger partial charge in [0, 0.05) is 19.3 Å². The molecule has 0 aromatic carbocycles. The number of ether oxygens (including phenoxy) is 4. The number of epoxide rings is 2. The summed E-state index contributed by atoms with van der Waals surface area (Å²) in [5, 5.41) is 8.51. The lowest BCUT2D eigenvalue weighted by Crippen LogP contribution is -2.55. The lowest BCUT2D eigenvalue weighted by atomic mass is 9.68. The van der Waals surface area contributed by atoms with Gasteiger partial charge in [-0.25, -0.2) is 9.59 Å². The Hall–Kier alpha value is -2.48. The fourth-order valence-electron chi connectivity index (χ4n) is 4.79. The van der Waals surface area contributed by atoms with Crippen molar-refractivity contribution in [1.29, 1.82) is 0 Å².